The Morgan fingerprint density at radius 3 is 2.21 bits per heavy atom. The van der Waals surface area contributed by atoms with Crippen LogP contribution in [0.4, 0.5) is 10.5 Å². The molecule has 2 heterocycles. The third-order valence-corrected chi connectivity index (χ3v) is 9.95. The molecule has 5 aromatic rings. The number of aromatic nitrogens is 1. The number of nitrogens with one attached hydrogen (secondary N) is 2. The molecule has 11 heteroatoms. The second-order valence-electron chi connectivity index (χ2n) is 12.4. The Morgan fingerprint density at radius 2 is 1.52 bits per heavy atom. The summed E-state index contributed by atoms with van der Waals surface area (Å²) in [6, 6.07) is 36.0. The second-order valence-corrected chi connectivity index (χ2v) is 13.5. The van der Waals surface area contributed by atoms with Crippen LogP contribution in [-0.4, -0.2) is 50.9 Å². The zero-order valence-electron chi connectivity index (χ0n) is 28.4. The maximum Gasteiger partial charge on any atom is 0.338 e. The molecule has 0 spiro atoms. The monoisotopic (exact) mass is 717 g/mol. The zero-order valence-corrected chi connectivity index (χ0v) is 29.2. The molecular weight excluding hydrogens is 679 g/mol. The number of hydrogen-bond acceptors (Lipinski definition) is 8. The average molecular weight is 718 g/mol. The SMILES string of the molecule is CC(=O)C(Cc1ccccc1)NC(=O)Nc1cccc(C2OC(CSc3ncccc3C(=O)O)C(c3ccccc3)C(c3ccc(CO)cc3)O2)c1. The molecule has 10 nitrogen and oxygen atoms in total. The van der Waals surface area contributed by atoms with Crippen LogP contribution in [0.3, 0.4) is 0 Å². The van der Waals surface area contributed by atoms with Crippen LogP contribution in [-0.2, 0) is 27.3 Å². The highest BCUT2D eigenvalue weighted by Crippen LogP contribution is 2.48. The minimum absolute atomic E-state index is 0.0955. The molecule has 0 aliphatic carbocycles. The first kappa shape index (κ1) is 36.5. The minimum atomic E-state index is -1.06. The van der Waals surface area contributed by atoms with Crippen molar-refractivity contribution in [1.29, 1.82) is 0 Å². The lowest BCUT2D eigenvalue weighted by Gasteiger charge is -2.43. The average Bonchev–Trinajstić information content (AvgIpc) is 3.17. The van der Waals surface area contributed by atoms with Gasteiger partial charge in [0, 0.05) is 29.1 Å². The number of anilines is 1. The van der Waals surface area contributed by atoms with Crippen LogP contribution in [0.5, 0.6) is 0 Å². The molecule has 0 saturated carbocycles. The van der Waals surface area contributed by atoms with E-state index in [1.54, 1.807) is 30.5 Å². The third kappa shape index (κ3) is 9.12. The van der Waals surface area contributed by atoms with Crippen molar-refractivity contribution in [2.75, 3.05) is 11.1 Å². The molecule has 0 radical (unpaired) electrons. The van der Waals surface area contributed by atoms with Crippen molar-refractivity contribution in [3.8, 4) is 0 Å². The Bertz CT molecular complexity index is 1980. The van der Waals surface area contributed by atoms with Crippen molar-refractivity contribution in [1.82, 2.24) is 10.3 Å². The standard InChI is InChI=1S/C41H39N3O7S/c1-26(46)34(22-27-10-4-2-5-11-27)44-41(49)43-32-15-8-14-31(23-32)40-50-35(25-52-38-33(39(47)48)16-9-21-42-38)36(29-12-6-3-7-13-29)37(51-40)30-19-17-28(24-45)18-20-30/h2-21,23,34-37,40,45H,22,24-25H2,1H3,(H,47,48)(H2,43,44,49). The number of benzene rings is 4. The summed E-state index contributed by atoms with van der Waals surface area (Å²) in [5.41, 5.74) is 4.78. The third-order valence-electron chi connectivity index (χ3n) is 8.85. The van der Waals surface area contributed by atoms with Gasteiger partial charge in [-0.3, -0.25) is 4.79 Å². The van der Waals surface area contributed by atoms with E-state index < -0.39 is 36.5 Å². The van der Waals surface area contributed by atoms with Crippen LogP contribution in [0.15, 0.2) is 133 Å². The van der Waals surface area contributed by atoms with E-state index in [0.717, 1.165) is 22.3 Å². The number of aliphatic hydroxyl groups is 1. The molecule has 1 aliphatic rings. The van der Waals surface area contributed by atoms with E-state index in [9.17, 15) is 24.6 Å². The highest BCUT2D eigenvalue weighted by molar-refractivity contribution is 7.99. The molecule has 5 atom stereocenters. The molecule has 266 valence electrons. The lowest BCUT2D eigenvalue weighted by Crippen LogP contribution is -2.43. The van der Waals surface area contributed by atoms with Gasteiger partial charge in [0.05, 0.1) is 30.4 Å². The van der Waals surface area contributed by atoms with Crippen molar-refractivity contribution in [3.63, 3.8) is 0 Å². The number of urea groups is 1. The molecule has 4 aromatic carbocycles. The quantitative estimate of drug-likeness (QED) is 0.0920. The molecule has 5 unspecified atom stereocenters. The fourth-order valence-corrected chi connectivity index (χ4v) is 7.27. The van der Waals surface area contributed by atoms with Crippen LogP contribution in [0.1, 0.15) is 63.4 Å². The first-order chi connectivity index (χ1) is 25.3. The number of carboxylic acid groups (broad SMARTS) is 1. The van der Waals surface area contributed by atoms with Crippen LogP contribution < -0.4 is 10.6 Å². The number of carboxylic acids is 1. The number of carbonyl (C=O) groups is 3. The van der Waals surface area contributed by atoms with E-state index in [0.29, 0.717) is 28.5 Å². The van der Waals surface area contributed by atoms with Crippen molar-refractivity contribution in [2.24, 2.45) is 0 Å². The van der Waals surface area contributed by atoms with E-state index in [1.807, 2.05) is 91.0 Å². The predicted molar refractivity (Wildman–Crippen MR) is 198 cm³/mol. The van der Waals surface area contributed by atoms with Crippen molar-refractivity contribution >= 4 is 35.2 Å². The molecule has 2 amide bonds. The number of rotatable bonds is 13. The van der Waals surface area contributed by atoms with Crippen molar-refractivity contribution in [3.05, 3.63) is 161 Å². The summed E-state index contributed by atoms with van der Waals surface area (Å²) in [7, 11) is 0. The zero-order chi connectivity index (χ0) is 36.5. The van der Waals surface area contributed by atoms with Gasteiger partial charge in [-0.2, -0.15) is 0 Å². The molecule has 6 rings (SSSR count). The number of ether oxygens (including phenoxy) is 2. The molecule has 0 bridgehead atoms. The predicted octanol–water partition coefficient (Wildman–Crippen LogP) is 7.33. The van der Waals surface area contributed by atoms with Crippen LogP contribution in [0.2, 0.25) is 0 Å². The van der Waals surface area contributed by atoms with Gasteiger partial charge in [-0.05, 0) is 59.9 Å². The Kier molecular flexibility index (Phi) is 12.1. The lowest BCUT2D eigenvalue weighted by atomic mass is 9.84. The summed E-state index contributed by atoms with van der Waals surface area (Å²) in [6.45, 7) is 1.36. The fraction of sp³-hybridized carbons (Fsp3) is 0.220. The number of carbonyl (C=O) groups excluding carboxylic acids is 2. The van der Waals surface area contributed by atoms with Gasteiger partial charge in [-0.1, -0.05) is 97.1 Å². The Labute approximate surface area is 306 Å². The van der Waals surface area contributed by atoms with Crippen LogP contribution in [0.25, 0.3) is 0 Å². The molecule has 1 saturated heterocycles. The van der Waals surface area contributed by atoms with E-state index >= 15 is 0 Å². The summed E-state index contributed by atoms with van der Waals surface area (Å²) in [6.07, 6.45) is 0.0756. The summed E-state index contributed by atoms with van der Waals surface area (Å²) in [5, 5.41) is 25.6. The number of aliphatic hydroxyl groups excluding tert-OH is 1. The second kappa shape index (κ2) is 17.3. The van der Waals surface area contributed by atoms with Gasteiger partial charge >= 0.3 is 12.0 Å². The highest BCUT2D eigenvalue weighted by atomic mass is 32.2. The van der Waals surface area contributed by atoms with Crippen LogP contribution >= 0.6 is 11.8 Å². The number of ketones is 1. The number of hydrogen-bond donors (Lipinski definition) is 4. The molecule has 1 fully saturated rings. The number of amides is 2. The fourth-order valence-electron chi connectivity index (χ4n) is 6.22. The Hall–Kier alpha value is -5.33. The number of thioether (sulfide) groups is 1. The smallest absolute Gasteiger partial charge is 0.338 e. The topological polar surface area (TPSA) is 147 Å². The van der Waals surface area contributed by atoms with Gasteiger partial charge < -0.3 is 30.3 Å². The number of pyridine rings is 1. The lowest BCUT2D eigenvalue weighted by molar-refractivity contribution is -0.255. The van der Waals surface area contributed by atoms with E-state index in [2.05, 4.69) is 15.6 Å². The number of aromatic carboxylic acids is 1. The van der Waals surface area contributed by atoms with E-state index in [4.69, 9.17) is 9.47 Å². The molecular formula is C41H39N3O7S. The summed E-state index contributed by atoms with van der Waals surface area (Å²) >= 11 is 1.30. The molecule has 1 aliphatic heterocycles. The first-order valence-electron chi connectivity index (χ1n) is 16.9. The van der Waals surface area contributed by atoms with Gasteiger partial charge in [0.25, 0.3) is 0 Å². The van der Waals surface area contributed by atoms with E-state index in [-0.39, 0.29) is 23.9 Å². The van der Waals surface area contributed by atoms with Crippen molar-refractivity contribution in [2.45, 2.75) is 55.4 Å². The first-order valence-corrected chi connectivity index (χ1v) is 17.9. The molecule has 4 N–H and O–H groups in total. The van der Waals surface area contributed by atoms with Crippen LogP contribution in [0, 0.1) is 0 Å². The summed E-state index contributed by atoms with van der Waals surface area (Å²) in [5.74, 6) is -1.17. The Balaban J connectivity index is 1.29. The van der Waals surface area contributed by atoms with Gasteiger partial charge in [0.1, 0.15) is 5.03 Å². The van der Waals surface area contributed by atoms with E-state index in [1.165, 1.54) is 24.8 Å². The number of nitrogens with zero attached hydrogens (tertiary/aromatic N) is 1. The normalized spacial score (nSPS) is 19.0. The van der Waals surface area contributed by atoms with Gasteiger partial charge in [-0.15, -0.1) is 11.8 Å². The summed E-state index contributed by atoms with van der Waals surface area (Å²) in [4.78, 5) is 41.9. The minimum Gasteiger partial charge on any atom is -0.478 e. The summed E-state index contributed by atoms with van der Waals surface area (Å²) < 4.78 is 13.5. The maximum absolute atomic E-state index is 13.1. The number of Topliss-reactive ketones (excluding diaryl/α,β-unsaturated/α-hetero) is 1. The van der Waals surface area contributed by atoms with Gasteiger partial charge in [-0.25, -0.2) is 14.6 Å². The van der Waals surface area contributed by atoms with Gasteiger partial charge in [0.15, 0.2) is 12.1 Å². The van der Waals surface area contributed by atoms with Gasteiger partial charge in [0.2, 0.25) is 0 Å². The molecule has 52 heavy (non-hydrogen) atoms. The highest BCUT2D eigenvalue weighted by Gasteiger charge is 2.42. The van der Waals surface area contributed by atoms with Crippen molar-refractivity contribution < 1.29 is 34.1 Å². The largest absolute Gasteiger partial charge is 0.478 e. The molecule has 1 aromatic heterocycles. The Morgan fingerprint density at radius 1 is 0.808 bits per heavy atom. The maximum atomic E-state index is 13.1.